The van der Waals surface area contributed by atoms with Crippen molar-refractivity contribution in [2.45, 2.75) is 13.0 Å². The lowest BCUT2D eigenvalue weighted by molar-refractivity contribution is 0.0786. The Morgan fingerprint density at radius 3 is 2.72 bits per heavy atom. The molecule has 0 bridgehead atoms. The summed E-state index contributed by atoms with van der Waals surface area (Å²) >= 11 is 0. The largest absolute Gasteiger partial charge is 0.494 e. The number of benzene rings is 1. The van der Waals surface area contributed by atoms with E-state index in [0.29, 0.717) is 18.7 Å². The smallest absolute Gasteiger partial charge is 0.254 e. The van der Waals surface area contributed by atoms with E-state index in [4.69, 9.17) is 10.5 Å². The maximum atomic E-state index is 13.5. The highest BCUT2D eigenvalue weighted by Crippen LogP contribution is 2.21. The molecule has 4 nitrogen and oxygen atoms in total. The van der Waals surface area contributed by atoms with Crippen LogP contribution < -0.4 is 10.5 Å². The first-order chi connectivity index (χ1) is 8.52. The predicted octanol–water partition coefficient (Wildman–Crippen LogP) is 1.25. The first-order valence-electron chi connectivity index (χ1n) is 5.91. The molecule has 2 rings (SSSR count). The van der Waals surface area contributed by atoms with Crippen molar-refractivity contribution >= 4 is 5.91 Å². The highest BCUT2D eigenvalue weighted by Gasteiger charge is 2.30. The van der Waals surface area contributed by atoms with Crippen molar-refractivity contribution < 1.29 is 13.9 Å². The van der Waals surface area contributed by atoms with Gasteiger partial charge >= 0.3 is 0 Å². The molecule has 1 aliphatic rings. The van der Waals surface area contributed by atoms with Crippen molar-refractivity contribution in [3.8, 4) is 5.75 Å². The molecule has 1 fully saturated rings. The summed E-state index contributed by atoms with van der Waals surface area (Å²) in [6, 6.07) is 4.23. The molecule has 1 aromatic rings. The molecule has 98 valence electrons. The van der Waals surface area contributed by atoms with Gasteiger partial charge in [0.2, 0.25) is 0 Å². The van der Waals surface area contributed by atoms with Gasteiger partial charge in [-0.1, -0.05) is 6.92 Å². The Hall–Kier alpha value is -1.62. The van der Waals surface area contributed by atoms with Gasteiger partial charge in [-0.2, -0.15) is 0 Å². The zero-order valence-corrected chi connectivity index (χ0v) is 10.5. The van der Waals surface area contributed by atoms with E-state index in [9.17, 15) is 9.18 Å². The van der Waals surface area contributed by atoms with Crippen LogP contribution in [0, 0.1) is 11.7 Å². The third-order valence-electron chi connectivity index (χ3n) is 3.36. The number of carbonyl (C=O) groups excluding carboxylic acids is 1. The predicted molar refractivity (Wildman–Crippen MR) is 66.0 cm³/mol. The second-order valence-electron chi connectivity index (χ2n) is 4.70. The summed E-state index contributed by atoms with van der Waals surface area (Å²) in [5.41, 5.74) is 6.20. The fourth-order valence-electron chi connectivity index (χ4n) is 2.14. The van der Waals surface area contributed by atoms with E-state index in [1.165, 1.54) is 19.2 Å². The van der Waals surface area contributed by atoms with Gasteiger partial charge in [0.05, 0.1) is 7.11 Å². The highest BCUT2D eigenvalue weighted by molar-refractivity contribution is 5.94. The lowest BCUT2D eigenvalue weighted by Crippen LogP contribution is -2.32. The van der Waals surface area contributed by atoms with Crippen LogP contribution >= 0.6 is 0 Å². The minimum atomic E-state index is -0.528. The van der Waals surface area contributed by atoms with Gasteiger partial charge in [0.15, 0.2) is 11.6 Å². The summed E-state index contributed by atoms with van der Waals surface area (Å²) in [5.74, 6) is -0.300. The van der Waals surface area contributed by atoms with Crippen LogP contribution in [0.3, 0.4) is 0 Å². The van der Waals surface area contributed by atoms with Crippen molar-refractivity contribution in [2.75, 3.05) is 20.2 Å². The van der Waals surface area contributed by atoms with E-state index in [1.807, 2.05) is 6.92 Å². The van der Waals surface area contributed by atoms with Gasteiger partial charge in [-0.15, -0.1) is 0 Å². The van der Waals surface area contributed by atoms with Crippen LogP contribution in [0.25, 0.3) is 0 Å². The van der Waals surface area contributed by atoms with Crippen molar-refractivity contribution in [3.63, 3.8) is 0 Å². The van der Waals surface area contributed by atoms with Crippen molar-refractivity contribution in [1.29, 1.82) is 0 Å². The van der Waals surface area contributed by atoms with Crippen molar-refractivity contribution in [1.82, 2.24) is 4.90 Å². The number of halogens is 1. The molecule has 2 N–H and O–H groups in total. The lowest BCUT2D eigenvalue weighted by atomic mass is 10.1. The molecular weight excluding hydrogens is 235 g/mol. The van der Waals surface area contributed by atoms with E-state index in [1.54, 1.807) is 11.0 Å². The fraction of sp³-hybridized carbons (Fsp3) is 0.462. The minimum Gasteiger partial charge on any atom is -0.494 e. The maximum absolute atomic E-state index is 13.5. The van der Waals surface area contributed by atoms with E-state index in [2.05, 4.69) is 0 Å². The molecule has 1 heterocycles. The average Bonchev–Trinajstić information content (AvgIpc) is 2.68. The number of nitrogens with two attached hydrogens (primary N) is 1. The Morgan fingerprint density at radius 2 is 2.22 bits per heavy atom. The third-order valence-corrected chi connectivity index (χ3v) is 3.36. The van der Waals surface area contributed by atoms with Crippen molar-refractivity contribution in [3.05, 3.63) is 29.6 Å². The Labute approximate surface area is 106 Å². The van der Waals surface area contributed by atoms with E-state index >= 15 is 0 Å². The quantitative estimate of drug-likeness (QED) is 0.862. The zero-order valence-electron chi connectivity index (χ0n) is 10.5. The minimum absolute atomic E-state index is 0.00274. The number of ether oxygens (including phenoxy) is 1. The van der Waals surface area contributed by atoms with E-state index in [-0.39, 0.29) is 23.6 Å². The highest BCUT2D eigenvalue weighted by atomic mass is 19.1. The van der Waals surface area contributed by atoms with Crippen molar-refractivity contribution in [2.24, 2.45) is 11.7 Å². The first kappa shape index (κ1) is 12.8. The summed E-state index contributed by atoms with van der Waals surface area (Å²) in [6.07, 6.45) is 0. The Kier molecular flexibility index (Phi) is 3.52. The molecule has 2 unspecified atom stereocenters. The van der Waals surface area contributed by atoms with Gasteiger partial charge in [-0.25, -0.2) is 4.39 Å². The Balaban J connectivity index is 2.17. The number of rotatable bonds is 2. The van der Waals surface area contributed by atoms with Crippen LogP contribution in [0.15, 0.2) is 18.2 Å². The molecule has 0 aromatic heterocycles. The fourth-order valence-corrected chi connectivity index (χ4v) is 2.14. The second-order valence-corrected chi connectivity index (χ2v) is 4.70. The SMILES string of the molecule is COc1ccc(C(=O)N2CC(C)C(N)C2)cc1F. The standard InChI is InChI=1S/C13H17FN2O2/c1-8-6-16(7-11(8)15)13(17)9-3-4-12(18-2)10(14)5-9/h3-5,8,11H,6-7,15H2,1-2H3. The number of amides is 1. The maximum Gasteiger partial charge on any atom is 0.254 e. The molecule has 1 aromatic carbocycles. The van der Waals surface area contributed by atoms with Crippen LogP contribution in [-0.2, 0) is 0 Å². The van der Waals surface area contributed by atoms with Gasteiger partial charge < -0.3 is 15.4 Å². The number of carbonyl (C=O) groups is 1. The van der Waals surface area contributed by atoms with Crippen LogP contribution in [0.2, 0.25) is 0 Å². The summed E-state index contributed by atoms with van der Waals surface area (Å²) in [7, 11) is 1.39. The van der Waals surface area contributed by atoms with Gasteiger partial charge in [0.1, 0.15) is 0 Å². The Morgan fingerprint density at radius 1 is 1.50 bits per heavy atom. The van der Waals surface area contributed by atoms with Gasteiger partial charge in [0, 0.05) is 24.7 Å². The molecule has 1 saturated heterocycles. The van der Waals surface area contributed by atoms with Crippen LogP contribution in [0.5, 0.6) is 5.75 Å². The number of nitrogens with zero attached hydrogens (tertiary/aromatic N) is 1. The molecule has 0 saturated carbocycles. The second kappa shape index (κ2) is 4.94. The zero-order chi connectivity index (χ0) is 13.3. The summed E-state index contributed by atoms with van der Waals surface area (Å²) in [4.78, 5) is 13.8. The van der Waals surface area contributed by atoms with Gasteiger partial charge in [-0.05, 0) is 24.1 Å². The molecule has 18 heavy (non-hydrogen) atoms. The molecule has 1 amide bonds. The van der Waals surface area contributed by atoms with E-state index < -0.39 is 5.82 Å². The van der Waals surface area contributed by atoms with Crippen LogP contribution in [0.4, 0.5) is 4.39 Å². The third kappa shape index (κ3) is 2.31. The lowest BCUT2D eigenvalue weighted by Gasteiger charge is -2.16. The number of hydrogen-bond donors (Lipinski definition) is 1. The van der Waals surface area contributed by atoms with Gasteiger partial charge in [0.25, 0.3) is 5.91 Å². The topological polar surface area (TPSA) is 55.6 Å². The number of hydrogen-bond acceptors (Lipinski definition) is 3. The van der Waals surface area contributed by atoms with Crippen LogP contribution in [0.1, 0.15) is 17.3 Å². The summed E-state index contributed by atoms with van der Waals surface area (Å²) in [5, 5.41) is 0. The molecular formula is C13H17FN2O2. The molecule has 2 atom stereocenters. The van der Waals surface area contributed by atoms with Gasteiger partial charge in [-0.3, -0.25) is 4.79 Å². The molecule has 5 heteroatoms. The average molecular weight is 252 g/mol. The van der Waals surface area contributed by atoms with Crippen LogP contribution in [-0.4, -0.2) is 37.0 Å². The molecule has 1 aliphatic heterocycles. The molecule has 0 spiro atoms. The molecule has 0 aliphatic carbocycles. The molecule has 0 radical (unpaired) electrons. The number of methoxy groups -OCH3 is 1. The first-order valence-corrected chi connectivity index (χ1v) is 5.91. The van der Waals surface area contributed by atoms with E-state index in [0.717, 1.165) is 0 Å². The number of likely N-dealkylation sites (tertiary alicyclic amines) is 1. The monoisotopic (exact) mass is 252 g/mol. The normalized spacial score (nSPS) is 23.2. The summed E-state index contributed by atoms with van der Waals surface area (Å²) < 4.78 is 18.4. The Bertz CT molecular complexity index is 454. The summed E-state index contributed by atoms with van der Waals surface area (Å²) in [6.45, 7) is 3.15.